The van der Waals surface area contributed by atoms with Crippen molar-refractivity contribution in [2.45, 2.75) is 56.3 Å². The van der Waals surface area contributed by atoms with Crippen LogP contribution in [0.15, 0.2) is 107 Å². The van der Waals surface area contributed by atoms with Crippen molar-refractivity contribution in [3.63, 3.8) is 0 Å². The highest BCUT2D eigenvalue weighted by Crippen LogP contribution is 2.54. The molecule has 2 unspecified atom stereocenters. The van der Waals surface area contributed by atoms with E-state index in [1.54, 1.807) is 6.08 Å². The zero-order valence-corrected chi connectivity index (χ0v) is 28.1. The number of nitrogens with one attached hydrogen (secondary N) is 1. The van der Waals surface area contributed by atoms with Crippen molar-refractivity contribution in [1.82, 2.24) is 39.2 Å². The molecule has 0 amide bonds. The molecule has 0 aromatic heterocycles. The Labute approximate surface area is 288 Å². The molecule has 11 nitrogen and oxygen atoms in total. The van der Waals surface area contributed by atoms with Gasteiger partial charge in [0.25, 0.3) is 0 Å². The number of nitrogens with zero attached hydrogens (tertiary/aromatic N) is 10. The number of benzene rings is 1. The first-order chi connectivity index (χ1) is 24.2. The van der Waals surface area contributed by atoms with Crippen LogP contribution in [0.25, 0.3) is 0 Å². The van der Waals surface area contributed by atoms with E-state index in [4.69, 9.17) is 15.4 Å². The number of fused-ring (bicyclic) bond motifs is 10. The average Bonchev–Trinajstić information content (AvgIpc) is 3.15. The van der Waals surface area contributed by atoms with E-state index >= 15 is 0 Å². The minimum Gasteiger partial charge on any atom is -0.300 e. The first-order valence-electron chi connectivity index (χ1n) is 18.2. The van der Waals surface area contributed by atoms with Gasteiger partial charge >= 0.3 is 0 Å². The molecule has 9 aliphatic heterocycles. The van der Waals surface area contributed by atoms with Crippen LogP contribution in [0.1, 0.15) is 37.7 Å². The Morgan fingerprint density at radius 3 is 1.84 bits per heavy atom. The number of hydrogen-bond donors (Lipinski definition) is 1. The zero-order valence-electron chi connectivity index (χ0n) is 28.1. The predicted octanol–water partition coefficient (Wildman–Crippen LogP) is 4.16. The Kier molecular flexibility index (Phi) is 7.05. The van der Waals surface area contributed by atoms with Crippen molar-refractivity contribution in [3.8, 4) is 0 Å². The molecule has 10 rings (SSSR count). The molecule has 5 fully saturated rings. The van der Waals surface area contributed by atoms with Gasteiger partial charge in [0.2, 0.25) is 0 Å². The molecule has 0 bridgehead atoms. The third kappa shape index (κ3) is 4.20. The first kappa shape index (κ1) is 29.9. The lowest BCUT2D eigenvalue weighted by molar-refractivity contribution is -0.362. The maximum atomic E-state index is 8.77. The molecule has 1 aromatic rings. The maximum absolute atomic E-state index is 8.77. The van der Waals surface area contributed by atoms with Gasteiger partial charge in [-0.2, -0.15) is 0 Å². The van der Waals surface area contributed by atoms with E-state index < -0.39 is 11.6 Å². The van der Waals surface area contributed by atoms with E-state index in [2.05, 4.69) is 124 Å². The lowest BCUT2D eigenvalue weighted by atomic mass is 9.91. The van der Waals surface area contributed by atoms with Gasteiger partial charge in [0.05, 0.1) is 5.69 Å². The number of hydrogen-bond acceptors (Lipinski definition) is 10. The second-order valence-corrected chi connectivity index (χ2v) is 14.3. The minimum absolute atomic E-state index is 0.0133. The van der Waals surface area contributed by atoms with E-state index in [-0.39, 0.29) is 18.4 Å². The molecule has 49 heavy (non-hydrogen) atoms. The van der Waals surface area contributed by atoms with Crippen LogP contribution in [0.2, 0.25) is 0 Å². The number of para-hydroxylation sites is 1. The van der Waals surface area contributed by atoms with Crippen molar-refractivity contribution in [3.05, 3.63) is 103 Å². The predicted molar refractivity (Wildman–Crippen MR) is 192 cm³/mol. The molecular weight excluding hydrogens is 610 g/mol. The van der Waals surface area contributed by atoms with Crippen LogP contribution in [-0.4, -0.2) is 127 Å². The number of rotatable bonds is 0. The zero-order chi connectivity index (χ0) is 32.6. The van der Waals surface area contributed by atoms with Gasteiger partial charge in [0.1, 0.15) is 30.1 Å². The van der Waals surface area contributed by atoms with Gasteiger partial charge in [-0.1, -0.05) is 48.6 Å². The summed E-state index contributed by atoms with van der Waals surface area (Å²) in [5.74, 6) is 0.912. The molecule has 0 saturated carbocycles. The molecule has 2 atom stereocenters. The average molecular weight is 656 g/mol. The SMILES string of the molecule is N=C1/C=C\C=C/CC2(N3C=CC=CC3=N1)N1CCCN3CCCN(C31)C1(c3ccccc3N=C3C=CC=CN31)N1CCCN3CCCN2C31. The molecule has 5 saturated heterocycles. The van der Waals surface area contributed by atoms with Crippen molar-refractivity contribution in [2.24, 2.45) is 9.98 Å². The standard InChI is InChI=1S/C38H45N11/c39-32-16-2-1-7-19-37(44-24-8-5-18-34(44)41-32)46-26-10-20-42-22-12-28-48(35(42)46)38(49-29-13-23-43-21-11-27-47(37)36(43)49)30-14-3-4-15-31(30)40-33-17-6-9-25-45(33)38/h1-9,14-18,24-25,35-36,39H,10-13,19-23,26-29H2/b7-1-,16-2-,39-32?,41-34?. The molecule has 9 aliphatic rings. The molecule has 0 radical (unpaired) electrons. The lowest BCUT2D eigenvalue weighted by Crippen LogP contribution is -2.89. The fraction of sp³-hybridized carbons (Fsp3) is 0.447. The van der Waals surface area contributed by atoms with Crippen LogP contribution in [0, 0.1) is 5.41 Å². The monoisotopic (exact) mass is 655 g/mol. The highest BCUT2D eigenvalue weighted by atomic mass is 15.8. The summed E-state index contributed by atoms with van der Waals surface area (Å²) >= 11 is 0. The Morgan fingerprint density at radius 2 is 1.16 bits per heavy atom. The summed E-state index contributed by atoms with van der Waals surface area (Å²) in [6, 6.07) is 8.93. The van der Waals surface area contributed by atoms with Crippen LogP contribution < -0.4 is 0 Å². The van der Waals surface area contributed by atoms with Gasteiger partial charge in [-0.3, -0.25) is 20.1 Å². The highest BCUT2D eigenvalue weighted by Gasteiger charge is 2.67. The molecule has 2 spiro atoms. The van der Waals surface area contributed by atoms with Gasteiger partial charge in [-0.15, -0.1) is 0 Å². The van der Waals surface area contributed by atoms with Crippen LogP contribution >= 0.6 is 0 Å². The van der Waals surface area contributed by atoms with Crippen LogP contribution in [0.3, 0.4) is 0 Å². The largest absolute Gasteiger partial charge is 0.300 e. The van der Waals surface area contributed by atoms with E-state index in [1.807, 2.05) is 6.08 Å². The molecule has 1 aromatic carbocycles. The minimum atomic E-state index is -0.598. The summed E-state index contributed by atoms with van der Waals surface area (Å²) in [4.78, 5) is 32.1. The van der Waals surface area contributed by atoms with Crippen molar-refractivity contribution < 1.29 is 0 Å². The van der Waals surface area contributed by atoms with Crippen molar-refractivity contribution in [1.29, 1.82) is 5.41 Å². The smallest absolute Gasteiger partial charge is 0.190 e. The third-order valence-corrected chi connectivity index (χ3v) is 11.9. The second-order valence-electron chi connectivity index (χ2n) is 14.3. The molecular formula is C38H45N11. The van der Waals surface area contributed by atoms with E-state index in [0.717, 1.165) is 102 Å². The van der Waals surface area contributed by atoms with E-state index in [1.165, 1.54) is 5.56 Å². The maximum Gasteiger partial charge on any atom is 0.190 e. The number of amidine groups is 3. The summed E-state index contributed by atoms with van der Waals surface area (Å²) in [6.07, 6.45) is 30.8. The molecule has 252 valence electrons. The summed E-state index contributed by atoms with van der Waals surface area (Å²) in [7, 11) is 0. The van der Waals surface area contributed by atoms with Gasteiger partial charge < -0.3 is 4.90 Å². The summed E-state index contributed by atoms with van der Waals surface area (Å²) < 4.78 is 0. The van der Waals surface area contributed by atoms with Gasteiger partial charge in [-0.05, 0) is 62.1 Å². The molecule has 1 N–H and O–H groups in total. The third-order valence-electron chi connectivity index (χ3n) is 11.9. The van der Waals surface area contributed by atoms with Crippen molar-refractivity contribution >= 4 is 23.2 Å². The second kappa shape index (κ2) is 11.5. The van der Waals surface area contributed by atoms with Crippen molar-refractivity contribution in [2.75, 3.05) is 52.4 Å². The summed E-state index contributed by atoms with van der Waals surface area (Å²) in [6.45, 7) is 8.11. The normalized spacial score (nSPS) is 36.2. The molecule has 0 aliphatic carbocycles. The van der Waals surface area contributed by atoms with Gasteiger partial charge in [0.15, 0.2) is 11.6 Å². The molecule has 9 heterocycles. The quantitative estimate of drug-likeness (QED) is 0.447. The fourth-order valence-electron chi connectivity index (χ4n) is 10.3. The van der Waals surface area contributed by atoms with Crippen LogP contribution in [-0.2, 0) is 5.79 Å². The molecule has 11 heteroatoms. The lowest BCUT2D eigenvalue weighted by Gasteiger charge is -2.74. The van der Waals surface area contributed by atoms with Gasteiger partial charge in [-0.25, -0.2) is 29.6 Å². The number of allylic oxidation sites excluding steroid dienone is 6. The Morgan fingerprint density at radius 1 is 0.592 bits per heavy atom. The first-order valence-corrected chi connectivity index (χ1v) is 18.2. The van der Waals surface area contributed by atoms with Crippen LogP contribution in [0.5, 0.6) is 0 Å². The van der Waals surface area contributed by atoms with Crippen LogP contribution in [0.4, 0.5) is 5.69 Å². The Hall–Kier alpha value is -3.97. The Balaban J connectivity index is 1.29. The van der Waals surface area contributed by atoms with E-state index in [0.29, 0.717) is 0 Å². The summed E-state index contributed by atoms with van der Waals surface area (Å²) in [5.41, 5.74) is 2.33. The van der Waals surface area contributed by atoms with E-state index in [9.17, 15) is 0 Å². The topological polar surface area (TPSA) is 74.5 Å². The number of aliphatic imine (C=N–C) groups is 2. The summed E-state index contributed by atoms with van der Waals surface area (Å²) in [5, 5.41) is 8.77. The fourth-order valence-corrected chi connectivity index (χ4v) is 10.3. The highest BCUT2D eigenvalue weighted by molar-refractivity contribution is 6.06. The van der Waals surface area contributed by atoms with Gasteiger partial charge in [0, 0.05) is 76.7 Å². The Bertz CT molecular complexity index is 1740.